The molecule has 0 radical (unpaired) electrons. The van der Waals surface area contributed by atoms with Gasteiger partial charge < -0.3 is 4.74 Å². The predicted molar refractivity (Wildman–Crippen MR) is 76.6 cm³/mol. The van der Waals surface area contributed by atoms with Crippen molar-refractivity contribution in [1.82, 2.24) is 0 Å². The third-order valence-corrected chi connectivity index (χ3v) is 3.09. The highest BCUT2D eigenvalue weighted by Gasteiger charge is 2.21. The summed E-state index contributed by atoms with van der Waals surface area (Å²) in [6.45, 7) is -2.95. The van der Waals surface area contributed by atoms with Gasteiger partial charge in [0.1, 0.15) is 11.7 Å². The van der Waals surface area contributed by atoms with Crippen LogP contribution >= 0.6 is 0 Å². The second-order valence-corrected chi connectivity index (χ2v) is 4.64. The standard InChI is InChI=1S/C17H13F2NO2/c18-17(19)22-14-8-4-7-13(10-14)15(11-20)16(21)9-12-5-2-1-3-6-12/h1-8,10,15,17H,9H2. The molecule has 2 rings (SSSR count). The second kappa shape index (κ2) is 7.32. The molecule has 0 spiro atoms. The van der Waals surface area contributed by atoms with E-state index in [9.17, 15) is 18.8 Å². The molecule has 0 amide bonds. The van der Waals surface area contributed by atoms with Gasteiger partial charge in [-0.05, 0) is 23.3 Å². The summed E-state index contributed by atoms with van der Waals surface area (Å²) < 4.78 is 28.7. The lowest BCUT2D eigenvalue weighted by Gasteiger charge is -2.11. The first-order valence-corrected chi connectivity index (χ1v) is 6.61. The van der Waals surface area contributed by atoms with Crippen LogP contribution in [0, 0.1) is 11.3 Å². The van der Waals surface area contributed by atoms with Gasteiger partial charge in [-0.1, -0.05) is 42.5 Å². The van der Waals surface area contributed by atoms with Gasteiger partial charge >= 0.3 is 6.61 Å². The van der Waals surface area contributed by atoms with E-state index in [4.69, 9.17) is 0 Å². The maximum atomic E-state index is 12.3. The third-order valence-electron chi connectivity index (χ3n) is 3.09. The van der Waals surface area contributed by atoms with Crippen molar-refractivity contribution in [2.45, 2.75) is 19.0 Å². The van der Waals surface area contributed by atoms with Crippen molar-refractivity contribution in [2.24, 2.45) is 0 Å². The van der Waals surface area contributed by atoms with Crippen molar-refractivity contribution in [3.8, 4) is 11.8 Å². The van der Waals surface area contributed by atoms with Gasteiger partial charge in [-0.25, -0.2) is 0 Å². The third kappa shape index (κ3) is 4.13. The van der Waals surface area contributed by atoms with Crippen LogP contribution in [-0.2, 0) is 11.2 Å². The fourth-order valence-electron chi connectivity index (χ4n) is 2.10. The first-order valence-electron chi connectivity index (χ1n) is 6.61. The molecule has 1 unspecified atom stereocenters. The maximum absolute atomic E-state index is 12.3. The summed E-state index contributed by atoms with van der Waals surface area (Å²) in [7, 11) is 0. The van der Waals surface area contributed by atoms with Gasteiger partial charge in [0.25, 0.3) is 0 Å². The van der Waals surface area contributed by atoms with Crippen LogP contribution < -0.4 is 4.74 Å². The lowest BCUT2D eigenvalue weighted by atomic mass is 9.92. The van der Waals surface area contributed by atoms with E-state index < -0.39 is 12.5 Å². The molecule has 0 N–H and O–H groups in total. The minimum absolute atomic E-state index is 0.0692. The van der Waals surface area contributed by atoms with E-state index in [2.05, 4.69) is 4.74 Å². The predicted octanol–water partition coefficient (Wildman–Crippen LogP) is 3.71. The zero-order valence-electron chi connectivity index (χ0n) is 11.6. The quantitative estimate of drug-likeness (QED) is 0.817. The number of benzene rings is 2. The van der Waals surface area contributed by atoms with Gasteiger partial charge in [-0.3, -0.25) is 4.79 Å². The van der Waals surface area contributed by atoms with Gasteiger partial charge in [0.05, 0.1) is 6.07 Å². The Balaban J connectivity index is 2.17. The Morgan fingerprint density at radius 2 is 1.86 bits per heavy atom. The van der Waals surface area contributed by atoms with Crippen LogP contribution in [0.2, 0.25) is 0 Å². The average Bonchev–Trinajstić information content (AvgIpc) is 2.48. The van der Waals surface area contributed by atoms with Crippen molar-refractivity contribution in [3.05, 3.63) is 65.7 Å². The number of alkyl halides is 2. The number of hydrogen-bond acceptors (Lipinski definition) is 3. The molecule has 0 bridgehead atoms. The molecular weight excluding hydrogens is 288 g/mol. The van der Waals surface area contributed by atoms with E-state index in [1.165, 1.54) is 18.2 Å². The number of carbonyl (C=O) groups is 1. The maximum Gasteiger partial charge on any atom is 0.387 e. The molecule has 0 saturated heterocycles. The van der Waals surface area contributed by atoms with Crippen LogP contribution in [0.15, 0.2) is 54.6 Å². The van der Waals surface area contributed by atoms with Crippen molar-refractivity contribution in [2.75, 3.05) is 0 Å². The molecule has 0 fully saturated rings. The molecule has 0 aliphatic rings. The Kier molecular flexibility index (Phi) is 5.21. The highest BCUT2D eigenvalue weighted by atomic mass is 19.3. The number of Topliss-reactive ketones (excluding diaryl/α,β-unsaturated/α-hetero) is 1. The second-order valence-electron chi connectivity index (χ2n) is 4.64. The molecule has 0 aliphatic carbocycles. The zero-order valence-corrected chi connectivity index (χ0v) is 11.6. The minimum atomic E-state index is -2.95. The molecule has 1 atom stereocenters. The van der Waals surface area contributed by atoms with Gasteiger partial charge in [0.2, 0.25) is 0 Å². The summed E-state index contributed by atoms with van der Waals surface area (Å²) in [6.07, 6.45) is 0.110. The van der Waals surface area contributed by atoms with Gasteiger partial charge in [-0.2, -0.15) is 14.0 Å². The number of ether oxygens (including phenoxy) is 1. The van der Waals surface area contributed by atoms with Crippen LogP contribution in [0.1, 0.15) is 17.0 Å². The average molecular weight is 301 g/mol. The minimum Gasteiger partial charge on any atom is -0.435 e. The summed E-state index contributed by atoms with van der Waals surface area (Å²) in [5.41, 5.74) is 1.15. The van der Waals surface area contributed by atoms with E-state index in [1.807, 2.05) is 12.1 Å². The summed E-state index contributed by atoms with van der Waals surface area (Å²) in [5, 5.41) is 9.24. The summed E-state index contributed by atoms with van der Waals surface area (Å²) in [4.78, 5) is 12.3. The Morgan fingerprint density at radius 3 is 2.50 bits per heavy atom. The van der Waals surface area contributed by atoms with E-state index in [0.717, 1.165) is 5.56 Å². The Hall–Kier alpha value is -2.74. The molecule has 0 heterocycles. The molecule has 3 nitrogen and oxygen atoms in total. The fraction of sp³-hybridized carbons (Fsp3) is 0.176. The first kappa shape index (κ1) is 15.6. The van der Waals surface area contributed by atoms with Crippen molar-refractivity contribution < 1.29 is 18.3 Å². The number of nitrogens with zero attached hydrogens (tertiary/aromatic N) is 1. The fourth-order valence-corrected chi connectivity index (χ4v) is 2.10. The van der Waals surface area contributed by atoms with E-state index >= 15 is 0 Å². The Labute approximate surface area is 126 Å². The normalized spacial score (nSPS) is 11.7. The lowest BCUT2D eigenvalue weighted by Crippen LogP contribution is -2.14. The zero-order chi connectivity index (χ0) is 15.9. The van der Waals surface area contributed by atoms with Crippen molar-refractivity contribution in [3.63, 3.8) is 0 Å². The Bertz CT molecular complexity index is 681. The van der Waals surface area contributed by atoms with E-state index in [-0.39, 0.29) is 18.0 Å². The van der Waals surface area contributed by atoms with Crippen LogP contribution in [0.3, 0.4) is 0 Å². The van der Waals surface area contributed by atoms with Gasteiger partial charge in [0, 0.05) is 6.42 Å². The van der Waals surface area contributed by atoms with Crippen molar-refractivity contribution in [1.29, 1.82) is 5.26 Å². The monoisotopic (exact) mass is 301 g/mol. The largest absolute Gasteiger partial charge is 0.435 e. The first-order chi connectivity index (χ1) is 10.6. The molecule has 0 aromatic heterocycles. The Morgan fingerprint density at radius 1 is 1.14 bits per heavy atom. The van der Waals surface area contributed by atoms with Gasteiger partial charge in [0.15, 0.2) is 5.78 Å². The molecule has 5 heteroatoms. The van der Waals surface area contributed by atoms with E-state index in [1.54, 1.807) is 30.3 Å². The summed E-state index contributed by atoms with van der Waals surface area (Å²) in [5.74, 6) is -1.37. The van der Waals surface area contributed by atoms with E-state index in [0.29, 0.717) is 5.56 Å². The van der Waals surface area contributed by atoms with Crippen LogP contribution in [0.25, 0.3) is 0 Å². The van der Waals surface area contributed by atoms with Crippen molar-refractivity contribution >= 4 is 5.78 Å². The number of rotatable bonds is 6. The van der Waals surface area contributed by atoms with Crippen LogP contribution in [0.4, 0.5) is 8.78 Å². The van der Waals surface area contributed by atoms with Crippen LogP contribution in [0.5, 0.6) is 5.75 Å². The summed E-state index contributed by atoms with van der Waals surface area (Å²) in [6, 6.07) is 16.6. The molecule has 2 aromatic carbocycles. The molecule has 2 aromatic rings. The number of hydrogen-bond donors (Lipinski definition) is 0. The highest BCUT2D eigenvalue weighted by molar-refractivity contribution is 5.90. The SMILES string of the molecule is N#CC(C(=O)Cc1ccccc1)c1cccc(OC(F)F)c1. The summed E-state index contributed by atoms with van der Waals surface area (Å²) >= 11 is 0. The molecule has 0 saturated carbocycles. The van der Waals surface area contributed by atoms with Crippen LogP contribution in [-0.4, -0.2) is 12.4 Å². The molecule has 112 valence electrons. The molecule has 0 aliphatic heterocycles. The number of nitriles is 1. The molecular formula is C17H13F2NO2. The lowest BCUT2D eigenvalue weighted by molar-refractivity contribution is -0.118. The smallest absolute Gasteiger partial charge is 0.387 e. The number of ketones is 1. The molecule has 22 heavy (non-hydrogen) atoms. The van der Waals surface area contributed by atoms with Gasteiger partial charge in [-0.15, -0.1) is 0 Å². The number of carbonyl (C=O) groups excluding carboxylic acids is 1. The topological polar surface area (TPSA) is 50.1 Å². The highest BCUT2D eigenvalue weighted by Crippen LogP contribution is 2.23. The number of halogens is 2.